The number of nitrogens with zero attached hydrogens (tertiary/aromatic N) is 2. The fraction of sp³-hybridized carbons (Fsp3) is 0.200. The van der Waals surface area contributed by atoms with Gasteiger partial charge < -0.3 is 9.64 Å². The Morgan fingerprint density at radius 2 is 1.71 bits per heavy atom. The summed E-state index contributed by atoms with van der Waals surface area (Å²) < 4.78 is 18.9. The van der Waals surface area contributed by atoms with Crippen LogP contribution in [0.4, 0.5) is 10.1 Å². The number of hydrogen-bond acceptors (Lipinski definition) is 4. The first-order chi connectivity index (χ1) is 15.2. The van der Waals surface area contributed by atoms with Crippen molar-refractivity contribution in [1.29, 1.82) is 0 Å². The minimum Gasteiger partial charge on any atom is -0.488 e. The average Bonchev–Trinajstić information content (AvgIpc) is 3.34. The van der Waals surface area contributed by atoms with E-state index in [9.17, 15) is 9.18 Å². The molecule has 0 atom stereocenters. The summed E-state index contributed by atoms with van der Waals surface area (Å²) in [5.74, 6) is 0.0754. The lowest BCUT2D eigenvalue weighted by molar-refractivity contribution is 0.0955. The Hall–Kier alpha value is -3.67. The Bertz CT molecular complexity index is 1040. The van der Waals surface area contributed by atoms with Crippen molar-refractivity contribution in [3.63, 3.8) is 0 Å². The molecule has 0 spiro atoms. The van der Waals surface area contributed by atoms with Crippen molar-refractivity contribution in [1.82, 2.24) is 5.43 Å². The van der Waals surface area contributed by atoms with E-state index in [0.29, 0.717) is 17.9 Å². The quantitative estimate of drug-likeness (QED) is 0.445. The highest BCUT2D eigenvalue weighted by Gasteiger charge is 2.13. The molecular formula is C25H24FN3O2. The van der Waals surface area contributed by atoms with E-state index in [1.807, 2.05) is 48.5 Å². The number of hydrogen-bond donors (Lipinski definition) is 1. The smallest absolute Gasteiger partial charge is 0.271 e. The molecule has 1 saturated heterocycles. The van der Waals surface area contributed by atoms with E-state index < -0.39 is 0 Å². The first-order valence-electron chi connectivity index (χ1n) is 10.3. The number of hydrazone groups is 1. The van der Waals surface area contributed by atoms with Crippen LogP contribution in [-0.4, -0.2) is 25.2 Å². The second kappa shape index (κ2) is 9.89. The zero-order valence-corrected chi connectivity index (χ0v) is 17.1. The van der Waals surface area contributed by atoms with Gasteiger partial charge >= 0.3 is 0 Å². The van der Waals surface area contributed by atoms with Gasteiger partial charge in [-0.2, -0.15) is 5.10 Å². The van der Waals surface area contributed by atoms with Gasteiger partial charge in [0.15, 0.2) is 0 Å². The van der Waals surface area contributed by atoms with E-state index in [4.69, 9.17) is 4.74 Å². The maximum Gasteiger partial charge on any atom is 0.271 e. The molecule has 1 aliphatic heterocycles. The summed E-state index contributed by atoms with van der Waals surface area (Å²) in [5.41, 5.74) is 5.85. The molecule has 1 amide bonds. The second-order valence-corrected chi connectivity index (χ2v) is 7.39. The van der Waals surface area contributed by atoms with Crippen LogP contribution in [0.5, 0.6) is 5.75 Å². The van der Waals surface area contributed by atoms with Crippen LogP contribution < -0.4 is 15.1 Å². The summed E-state index contributed by atoms with van der Waals surface area (Å²) in [5, 5.41) is 4.08. The van der Waals surface area contributed by atoms with Crippen LogP contribution in [0.3, 0.4) is 0 Å². The van der Waals surface area contributed by atoms with Gasteiger partial charge in [0.1, 0.15) is 18.2 Å². The van der Waals surface area contributed by atoms with Crippen molar-refractivity contribution < 1.29 is 13.9 Å². The highest BCUT2D eigenvalue weighted by molar-refractivity contribution is 5.95. The lowest BCUT2D eigenvalue weighted by atomic mass is 10.2. The number of amides is 1. The Balaban J connectivity index is 1.35. The van der Waals surface area contributed by atoms with Crippen molar-refractivity contribution in [3.05, 3.63) is 95.3 Å². The number of para-hydroxylation sites is 1. The first kappa shape index (κ1) is 20.6. The van der Waals surface area contributed by atoms with Crippen LogP contribution in [-0.2, 0) is 6.61 Å². The number of carbonyl (C=O) groups excluding carboxylic acids is 1. The topological polar surface area (TPSA) is 53.9 Å². The molecule has 1 N–H and O–H groups in total. The van der Waals surface area contributed by atoms with Gasteiger partial charge in [-0.25, -0.2) is 9.82 Å². The van der Waals surface area contributed by atoms with E-state index in [1.165, 1.54) is 25.0 Å². The minimum absolute atomic E-state index is 0.270. The number of anilines is 1. The van der Waals surface area contributed by atoms with Gasteiger partial charge in [0.05, 0.1) is 6.21 Å². The monoisotopic (exact) mass is 417 g/mol. The zero-order chi connectivity index (χ0) is 21.5. The van der Waals surface area contributed by atoms with Gasteiger partial charge in [0, 0.05) is 29.9 Å². The van der Waals surface area contributed by atoms with Gasteiger partial charge in [-0.15, -0.1) is 0 Å². The van der Waals surface area contributed by atoms with E-state index in [0.717, 1.165) is 29.9 Å². The van der Waals surface area contributed by atoms with Gasteiger partial charge in [-0.05, 0) is 66.9 Å². The van der Waals surface area contributed by atoms with Crippen LogP contribution in [0.1, 0.15) is 34.3 Å². The molecular weight excluding hydrogens is 393 g/mol. The number of halogens is 1. The molecule has 0 radical (unpaired) electrons. The van der Waals surface area contributed by atoms with Gasteiger partial charge in [-0.3, -0.25) is 4.79 Å². The maximum absolute atomic E-state index is 13.0. The number of ether oxygens (including phenoxy) is 1. The third-order valence-corrected chi connectivity index (χ3v) is 5.20. The standard InChI is InChI=1S/C25H24FN3O2/c26-22-11-7-19(8-12-22)18-31-24-6-2-1-5-21(24)17-27-28-25(30)20-9-13-23(14-10-20)29-15-3-4-16-29/h1-2,5-14,17H,3-4,15-16,18H2,(H,28,30)/b27-17-. The lowest BCUT2D eigenvalue weighted by Crippen LogP contribution is -2.19. The largest absolute Gasteiger partial charge is 0.488 e. The molecule has 6 heteroatoms. The van der Waals surface area contributed by atoms with Crippen molar-refractivity contribution >= 4 is 17.8 Å². The Kier molecular flexibility index (Phi) is 6.57. The minimum atomic E-state index is -0.280. The molecule has 0 saturated carbocycles. The van der Waals surface area contributed by atoms with E-state index in [-0.39, 0.29) is 11.7 Å². The van der Waals surface area contributed by atoms with Crippen LogP contribution >= 0.6 is 0 Å². The van der Waals surface area contributed by atoms with Gasteiger partial charge in [0.25, 0.3) is 5.91 Å². The first-order valence-corrected chi connectivity index (χ1v) is 10.3. The number of nitrogens with one attached hydrogen (secondary N) is 1. The second-order valence-electron chi connectivity index (χ2n) is 7.39. The van der Waals surface area contributed by atoms with Gasteiger partial charge in [-0.1, -0.05) is 24.3 Å². The molecule has 0 aliphatic carbocycles. The number of benzene rings is 3. The summed E-state index contributed by atoms with van der Waals surface area (Å²) in [6, 6.07) is 21.1. The molecule has 3 aromatic carbocycles. The van der Waals surface area contributed by atoms with E-state index in [2.05, 4.69) is 15.4 Å². The predicted octanol–water partition coefficient (Wildman–Crippen LogP) is 4.77. The third kappa shape index (κ3) is 5.48. The van der Waals surface area contributed by atoms with Crippen molar-refractivity contribution in [2.45, 2.75) is 19.4 Å². The van der Waals surface area contributed by atoms with Crippen LogP contribution in [0.15, 0.2) is 77.9 Å². The lowest BCUT2D eigenvalue weighted by Gasteiger charge is -2.17. The molecule has 0 aromatic heterocycles. The molecule has 158 valence electrons. The molecule has 4 rings (SSSR count). The molecule has 1 heterocycles. The molecule has 0 unspecified atom stereocenters. The molecule has 5 nitrogen and oxygen atoms in total. The fourth-order valence-electron chi connectivity index (χ4n) is 3.48. The molecule has 1 fully saturated rings. The van der Waals surface area contributed by atoms with Crippen molar-refractivity contribution in [2.75, 3.05) is 18.0 Å². The van der Waals surface area contributed by atoms with Crippen molar-refractivity contribution in [3.8, 4) is 5.75 Å². The Morgan fingerprint density at radius 1 is 1.00 bits per heavy atom. The summed E-state index contributed by atoms with van der Waals surface area (Å²) >= 11 is 0. The third-order valence-electron chi connectivity index (χ3n) is 5.20. The fourth-order valence-corrected chi connectivity index (χ4v) is 3.48. The van der Waals surface area contributed by atoms with Gasteiger partial charge in [0.2, 0.25) is 0 Å². The van der Waals surface area contributed by atoms with Crippen LogP contribution in [0.25, 0.3) is 0 Å². The number of carbonyl (C=O) groups is 1. The summed E-state index contributed by atoms with van der Waals surface area (Å²) in [7, 11) is 0. The number of rotatable bonds is 7. The zero-order valence-electron chi connectivity index (χ0n) is 17.1. The molecule has 0 bridgehead atoms. The Morgan fingerprint density at radius 3 is 2.45 bits per heavy atom. The maximum atomic E-state index is 13.0. The normalized spacial score (nSPS) is 13.5. The predicted molar refractivity (Wildman–Crippen MR) is 120 cm³/mol. The molecule has 3 aromatic rings. The molecule has 1 aliphatic rings. The summed E-state index contributed by atoms with van der Waals surface area (Å²) in [6.45, 7) is 2.44. The highest BCUT2D eigenvalue weighted by atomic mass is 19.1. The molecule has 31 heavy (non-hydrogen) atoms. The van der Waals surface area contributed by atoms with E-state index in [1.54, 1.807) is 18.3 Å². The van der Waals surface area contributed by atoms with E-state index >= 15 is 0 Å². The SMILES string of the molecule is O=C(N/N=C\c1ccccc1OCc1ccc(F)cc1)c1ccc(N2CCCC2)cc1. The van der Waals surface area contributed by atoms with Crippen LogP contribution in [0, 0.1) is 5.82 Å². The highest BCUT2D eigenvalue weighted by Crippen LogP contribution is 2.21. The summed E-state index contributed by atoms with van der Waals surface area (Å²) in [4.78, 5) is 14.7. The summed E-state index contributed by atoms with van der Waals surface area (Å²) in [6.07, 6.45) is 3.98. The van der Waals surface area contributed by atoms with Crippen LogP contribution in [0.2, 0.25) is 0 Å². The average molecular weight is 417 g/mol. The van der Waals surface area contributed by atoms with Crippen molar-refractivity contribution in [2.24, 2.45) is 5.10 Å². The Labute approximate surface area is 181 Å².